The number of fused-ring (bicyclic) bond motifs is 8. The molecule has 10 heteroatoms. The third kappa shape index (κ3) is 4.58. The van der Waals surface area contributed by atoms with Gasteiger partial charge in [0.25, 0.3) is 0 Å². The van der Waals surface area contributed by atoms with Crippen LogP contribution >= 0.6 is 0 Å². The van der Waals surface area contributed by atoms with Gasteiger partial charge in [0.2, 0.25) is 0 Å². The van der Waals surface area contributed by atoms with Crippen molar-refractivity contribution in [2.45, 2.75) is 72.6 Å². The van der Waals surface area contributed by atoms with E-state index < -0.39 is 11.9 Å². The summed E-state index contributed by atoms with van der Waals surface area (Å²) >= 11 is 0. The van der Waals surface area contributed by atoms with E-state index in [1.54, 1.807) is 0 Å². The van der Waals surface area contributed by atoms with Gasteiger partial charge in [-0.3, -0.25) is 9.59 Å². The summed E-state index contributed by atoms with van der Waals surface area (Å²) in [5.41, 5.74) is 10.3. The van der Waals surface area contributed by atoms with Crippen LogP contribution in [0.2, 0.25) is 0 Å². The second kappa shape index (κ2) is 10.9. The molecule has 3 aliphatic heterocycles. The van der Waals surface area contributed by atoms with E-state index in [4.69, 9.17) is 14.7 Å². The number of aliphatic carboxylic acids is 1. The highest BCUT2D eigenvalue weighted by Gasteiger charge is 2.39. The number of Topliss-reactive ketones (excluding diaryl/α,β-unsaturated/α-hetero) is 1. The molecule has 0 saturated heterocycles. The average Bonchev–Trinajstić information content (AvgIpc) is 3.72. The van der Waals surface area contributed by atoms with Crippen molar-refractivity contribution in [3.63, 3.8) is 0 Å². The molecule has 2 aromatic heterocycles. The lowest BCUT2D eigenvalue weighted by molar-refractivity contribution is -0.137. The molecule has 6 rings (SSSR count). The van der Waals surface area contributed by atoms with Gasteiger partial charge in [0.1, 0.15) is 11.3 Å². The van der Waals surface area contributed by atoms with E-state index in [2.05, 4.69) is 16.9 Å². The molecule has 0 fully saturated rings. The molecule has 8 bridgehead atoms. The molecule has 232 valence electrons. The maximum Gasteiger partial charge on any atom is 0.342 e. The van der Waals surface area contributed by atoms with Crippen LogP contribution in [0.1, 0.15) is 117 Å². The van der Waals surface area contributed by atoms with Gasteiger partial charge < -0.3 is 24.9 Å². The van der Waals surface area contributed by atoms with Crippen molar-refractivity contribution in [3.8, 4) is 0 Å². The van der Waals surface area contributed by atoms with Gasteiger partial charge in [-0.15, -0.1) is 0 Å². The van der Waals surface area contributed by atoms with E-state index in [0.717, 1.165) is 51.3 Å². The van der Waals surface area contributed by atoms with Crippen LogP contribution < -0.4 is 0 Å². The summed E-state index contributed by atoms with van der Waals surface area (Å²) in [7, 11) is 1.26. The predicted molar refractivity (Wildman–Crippen MR) is 172 cm³/mol. The van der Waals surface area contributed by atoms with E-state index >= 15 is 0 Å². The van der Waals surface area contributed by atoms with Crippen LogP contribution in [0.5, 0.6) is 0 Å². The van der Waals surface area contributed by atoms with Crippen molar-refractivity contribution in [2.24, 2.45) is 0 Å². The van der Waals surface area contributed by atoms with E-state index in [1.807, 2.05) is 45.9 Å². The lowest BCUT2D eigenvalue weighted by atomic mass is 9.85. The van der Waals surface area contributed by atoms with Gasteiger partial charge in [-0.25, -0.2) is 14.8 Å². The molecule has 10 nitrogen and oxygen atoms in total. The van der Waals surface area contributed by atoms with Crippen LogP contribution in [0.4, 0.5) is 0 Å². The minimum absolute atomic E-state index is 0.0166. The second-order valence-electron chi connectivity index (χ2n) is 12.0. The average molecular weight is 609 g/mol. The highest BCUT2D eigenvalue weighted by atomic mass is 16.5. The van der Waals surface area contributed by atoms with Crippen LogP contribution in [0.25, 0.3) is 44.7 Å². The monoisotopic (exact) mass is 608 g/mol. The summed E-state index contributed by atoms with van der Waals surface area (Å²) in [6, 6.07) is 5.70. The first-order chi connectivity index (χ1) is 21.4. The molecule has 4 N–H and O–H groups in total. The zero-order valence-corrected chi connectivity index (χ0v) is 26.4. The summed E-state index contributed by atoms with van der Waals surface area (Å²) in [4.78, 5) is 54.7. The van der Waals surface area contributed by atoms with Gasteiger partial charge in [-0.1, -0.05) is 13.8 Å². The molecule has 0 radical (unpaired) electrons. The number of ketones is 1. The van der Waals surface area contributed by atoms with Gasteiger partial charge >= 0.3 is 11.9 Å². The number of rotatable bonds is 6. The lowest BCUT2D eigenvalue weighted by Crippen LogP contribution is -2.10. The number of allylic oxidation sites excluding steroid dienone is 4. The number of H-pyrrole nitrogens is 2. The Morgan fingerprint density at radius 1 is 0.933 bits per heavy atom. The number of ether oxygens (including phenoxy) is 1. The number of carbonyl (C=O) groups excluding carboxylic acids is 2. The molecular weight excluding hydrogens is 572 g/mol. The minimum atomic E-state index is -0.933. The quantitative estimate of drug-likeness (QED) is 0.259. The number of nitrogens with one attached hydrogen (secondary N) is 2. The number of nitrogens with zero attached hydrogens (tertiary/aromatic N) is 2. The molecular formula is C35H36N4O6. The Hall–Kier alpha value is -4.99. The minimum Gasteiger partial charge on any atom is -0.506 e. The highest BCUT2D eigenvalue weighted by Crippen LogP contribution is 2.49. The van der Waals surface area contributed by atoms with E-state index in [-0.39, 0.29) is 41.8 Å². The molecule has 0 spiro atoms. The SMILES string of the molecule is CCC1=C(C)c2cc3nc(cc4[nH]c(c5c6[nH]c(cc1n2)c(C)c6C(O)=C5C(=O)OC)[C@@H](CCC(=O)O)[C@@H]4C)C(C)=C3C(C)=O. The van der Waals surface area contributed by atoms with Crippen molar-refractivity contribution in [1.29, 1.82) is 0 Å². The topological polar surface area (TPSA) is 158 Å². The number of hydrogen-bond donors (Lipinski definition) is 4. The highest BCUT2D eigenvalue weighted by molar-refractivity contribution is 6.30. The fraction of sp³-hybridized carbons (Fsp3) is 0.343. The summed E-state index contributed by atoms with van der Waals surface area (Å²) in [6.45, 7) is 11.3. The Morgan fingerprint density at radius 2 is 1.62 bits per heavy atom. The Labute approximate surface area is 260 Å². The zero-order valence-electron chi connectivity index (χ0n) is 26.4. The molecule has 0 amide bonds. The van der Waals surface area contributed by atoms with Crippen molar-refractivity contribution >= 4 is 62.4 Å². The van der Waals surface area contributed by atoms with Gasteiger partial charge in [0, 0.05) is 51.9 Å². The van der Waals surface area contributed by atoms with Gasteiger partial charge in [-0.05, 0) is 81.0 Å². The lowest BCUT2D eigenvalue weighted by Gasteiger charge is -2.17. The van der Waals surface area contributed by atoms with E-state index in [1.165, 1.54) is 14.0 Å². The first kappa shape index (κ1) is 30.1. The smallest absolute Gasteiger partial charge is 0.342 e. The maximum absolute atomic E-state index is 13.2. The van der Waals surface area contributed by atoms with Crippen LogP contribution in [-0.2, 0) is 19.1 Å². The summed E-state index contributed by atoms with van der Waals surface area (Å²) in [6.07, 6.45) is 0.917. The van der Waals surface area contributed by atoms with E-state index in [9.17, 15) is 24.6 Å². The van der Waals surface area contributed by atoms with Crippen molar-refractivity contribution < 1.29 is 29.3 Å². The molecule has 4 aliphatic rings. The second-order valence-corrected chi connectivity index (χ2v) is 12.0. The predicted octanol–water partition coefficient (Wildman–Crippen LogP) is 6.87. The number of carboxylic acids is 1. The number of aliphatic hydroxyl groups is 1. The Balaban J connectivity index is 1.82. The standard InChI is InChI=1S/C35H36N4O6/c1-8-19-14(2)21-13-26-28(18(6)40)16(4)23(37-26)11-22-15(3)20(9-10-27(41)42)32(38-22)30-31(35(44)45-7)34(43)29-17(5)24(39-33(29)30)12-25(19)36-21/h11-13,15,20,38-39,43H,8-10H2,1-7H3,(H,41,42)/t15-,20-/m0/s1. The van der Waals surface area contributed by atoms with E-state index in [0.29, 0.717) is 39.3 Å². The summed E-state index contributed by atoms with van der Waals surface area (Å²) < 4.78 is 5.13. The molecule has 1 aliphatic carbocycles. The third-order valence-corrected chi connectivity index (χ3v) is 9.53. The number of aromatic amines is 2. The molecule has 2 aromatic rings. The molecule has 2 atom stereocenters. The molecule has 0 unspecified atom stereocenters. The number of hydrogen-bond acceptors (Lipinski definition) is 7. The number of esters is 1. The zero-order chi connectivity index (χ0) is 32.5. The fourth-order valence-corrected chi connectivity index (χ4v) is 7.12. The fourth-order valence-electron chi connectivity index (χ4n) is 7.12. The number of aryl methyl sites for hydroxylation is 1. The third-order valence-electron chi connectivity index (χ3n) is 9.53. The van der Waals surface area contributed by atoms with Crippen molar-refractivity contribution in [3.05, 3.63) is 69.1 Å². The maximum atomic E-state index is 13.2. The van der Waals surface area contributed by atoms with Crippen LogP contribution in [-0.4, -0.2) is 55.0 Å². The number of aromatic nitrogens is 4. The number of carboxylic acid groups (broad SMARTS) is 1. The Kier molecular flexibility index (Phi) is 7.26. The van der Waals surface area contributed by atoms with Crippen molar-refractivity contribution in [1.82, 2.24) is 19.9 Å². The number of aliphatic hydroxyl groups excluding tert-OH is 1. The molecule has 0 saturated carbocycles. The first-order valence-corrected chi connectivity index (χ1v) is 15.1. The number of carbonyl (C=O) groups is 3. The van der Waals surface area contributed by atoms with Crippen LogP contribution in [0.3, 0.4) is 0 Å². The number of methoxy groups -OCH3 is 1. The van der Waals surface area contributed by atoms with Crippen molar-refractivity contribution in [2.75, 3.05) is 7.11 Å². The largest absolute Gasteiger partial charge is 0.506 e. The Morgan fingerprint density at radius 3 is 2.27 bits per heavy atom. The Bertz CT molecular complexity index is 2020. The first-order valence-electron chi connectivity index (χ1n) is 15.1. The summed E-state index contributed by atoms with van der Waals surface area (Å²) in [5.74, 6) is -2.48. The molecule has 45 heavy (non-hydrogen) atoms. The van der Waals surface area contributed by atoms with Gasteiger partial charge in [0.05, 0.1) is 35.4 Å². The van der Waals surface area contributed by atoms with Crippen LogP contribution in [0, 0.1) is 6.92 Å². The molecule has 0 aromatic carbocycles. The summed E-state index contributed by atoms with van der Waals surface area (Å²) in [5, 5.41) is 21.2. The van der Waals surface area contributed by atoms with Crippen LogP contribution in [0.15, 0.2) is 18.2 Å². The molecule has 5 heterocycles. The van der Waals surface area contributed by atoms with Gasteiger partial charge in [-0.2, -0.15) is 0 Å². The normalized spacial score (nSPS) is 18.1. The van der Waals surface area contributed by atoms with Gasteiger partial charge in [0.15, 0.2) is 5.78 Å².